The molecule has 124 valence electrons. The van der Waals surface area contributed by atoms with Crippen LogP contribution < -0.4 is 15.4 Å². The molecule has 1 atom stereocenters. The summed E-state index contributed by atoms with van der Waals surface area (Å²) in [5.74, 6) is 0.218. The predicted molar refractivity (Wildman–Crippen MR) is 91.5 cm³/mol. The van der Waals surface area contributed by atoms with Gasteiger partial charge >= 0.3 is 0 Å². The van der Waals surface area contributed by atoms with Gasteiger partial charge in [0.1, 0.15) is 5.75 Å². The highest BCUT2D eigenvalue weighted by Crippen LogP contribution is 2.48. The Balaban J connectivity index is 1.85. The average Bonchev–Trinajstić information content (AvgIpc) is 3.35. The maximum atomic E-state index is 9.52. The quantitative estimate of drug-likeness (QED) is 0.722. The number of ether oxygens (including phenoxy) is 1. The molecule has 1 unspecified atom stereocenters. The van der Waals surface area contributed by atoms with Crippen LogP contribution in [0.15, 0.2) is 41.0 Å². The second-order valence-corrected chi connectivity index (χ2v) is 6.22. The third-order valence-electron chi connectivity index (χ3n) is 4.61. The van der Waals surface area contributed by atoms with E-state index in [1.165, 1.54) is 5.56 Å². The van der Waals surface area contributed by atoms with Gasteiger partial charge in [-0.05, 0) is 43.0 Å². The van der Waals surface area contributed by atoms with Crippen molar-refractivity contribution in [2.24, 2.45) is 4.99 Å². The molecule has 1 heterocycles. The minimum absolute atomic E-state index is 0.0719. The van der Waals surface area contributed by atoms with Gasteiger partial charge in [0.05, 0.1) is 7.11 Å². The summed E-state index contributed by atoms with van der Waals surface area (Å²) in [6.07, 6.45) is 7.35. The van der Waals surface area contributed by atoms with Gasteiger partial charge in [0.25, 0.3) is 0 Å². The van der Waals surface area contributed by atoms with E-state index in [1.807, 2.05) is 24.4 Å². The zero-order chi connectivity index (χ0) is 16.3. The molecule has 0 amide bonds. The molecule has 1 fully saturated rings. The zero-order valence-corrected chi connectivity index (χ0v) is 13.8. The van der Waals surface area contributed by atoms with Gasteiger partial charge in [-0.15, -0.1) is 0 Å². The van der Waals surface area contributed by atoms with Crippen LogP contribution in [0.2, 0.25) is 0 Å². The monoisotopic (exact) mass is 315 g/mol. The van der Waals surface area contributed by atoms with Crippen molar-refractivity contribution in [1.29, 1.82) is 0 Å². The molecule has 1 aromatic rings. The molecule has 5 heteroatoms. The van der Waals surface area contributed by atoms with Gasteiger partial charge in [-0.1, -0.05) is 19.1 Å². The second kappa shape index (κ2) is 6.34. The Labute approximate surface area is 137 Å². The van der Waals surface area contributed by atoms with E-state index >= 15 is 0 Å². The number of nitrogens with one attached hydrogen (secondary N) is 2. The number of aliphatic hydroxyl groups excluding tert-OH is 1. The van der Waals surface area contributed by atoms with Gasteiger partial charge in [0.15, 0.2) is 5.79 Å². The molecule has 23 heavy (non-hydrogen) atoms. The lowest BCUT2D eigenvalue weighted by atomic mass is 10.0. The average molecular weight is 315 g/mol. The van der Waals surface area contributed by atoms with Crippen molar-refractivity contribution in [1.82, 2.24) is 10.6 Å². The Hall–Kier alpha value is -1.85. The minimum atomic E-state index is -0.644. The summed E-state index contributed by atoms with van der Waals surface area (Å²) >= 11 is 0. The van der Waals surface area contributed by atoms with Crippen molar-refractivity contribution in [2.45, 2.75) is 43.9 Å². The molecular weight excluding hydrogens is 290 g/mol. The van der Waals surface area contributed by atoms with E-state index in [0.717, 1.165) is 30.7 Å². The van der Waals surface area contributed by atoms with Gasteiger partial charge < -0.3 is 15.2 Å². The zero-order valence-electron chi connectivity index (χ0n) is 13.8. The Morgan fingerprint density at radius 2 is 2.22 bits per heavy atom. The van der Waals surface area contributed by atoms with Crippen LogP contribution in [0.1, 0.15) is 38.2 Å². The fraction of sp³-hybridized carbons (Fsp3) is 0.500. The number of aliphatic hydroxyl groups is 1. The lowest BCUT2D eigenvalue weighted by Crippen LogP contribution is -2.60. The number of methoxy groups -OCH3 is 1. The summed E-state index contributed by atoms with van der Waals surface area (Å²) in [5.41, 5.74) is 2.23. The molecule has 0 saturated heterocycles. The van der Waals surface area contributed by atoms with Crippen LogP contribution in [0.4, 0.5) is 0 Å². The van der Waals surface area contributed by atoms with Gasteiger partial charge in [0.2, 0.25) is 0 Å². The lowest BCUT2D eigenvalue weighted by Gasteiger charge is -2.39. The van der Waals surface area contributed by atoms with Gasteiger partial charge in [-0.2, -0.15) is 0 Å². The summed E-state index contributed by atoms with van der Waals surface area (Å²) in [6, 6.07) is 8.18. The standard InChI is InChI=1S/C18H25N3O2/c1-3-15-7-11-19-18(20-15,10-12-22)21-17(8-9-17)14-5-4-6-16(13-14)23-2/h4-7,11,13,20-22H,3,8-10,12H2,1-2H3. The third kappa shape index (κ3) is 3.26. The van der Waals surface area contributed by atoms with Crippen LogP contribution in [0.5, 0.6) is 5.75 Å². The summed E-state index contributed by atoms with van der Waals surface area (Å²) < 4.78 is 5.35. The topological polar surface area (TPSA) is 65.9 Å². The van der Waals surface area contributed by atoms with Crippen molar-refractivity contribution in [2.75, 3.05) is 13.7 Å². The summed E-state index contributed by atoms with van der Waals surface area (Å²) in [6.45, 7) is 2.18. The molecule has 0 spiro atoms. The Morgan fingerprint density at radius 3 is 2.87 bits per heavy atom. The number of hydrogen-bond acceptors (Lipinski definition) is 5. The molecule has 2 aliphatic rings. The van der Waals surface area contributed by atoms with E-state index in [1.54, 1.807) is 7.11 Å². The Morgan fingerprint density at radius 1 is 1.39 bits per heavy atom. The van der Waals surface area contributed by atoms with E-state index < -0.39 is 5.79 Å². The van der Waals surface area contributed by atoms with Crippen LogP contribution in [0.25, 0.3) is 0 Å². The van der Waals surface area contributed by atoms with E-state index in [0.29, 0.717) is 6.42 Å². The van der Waals surface area contributed by atoms with E-state index in [4.69, 9.17) is 4.74 Å². The number of aliphatic imine (C=N–C) groups is 1. The summed E-state index contributed by atoms with van der Waals surface area (Å²) in [5, 5.41) is 16.7. The SMILES string of the molecule is CCC1=CC=NC(CCO)(NC2(c3cccc(OC)c3)CC2)N1. The van der Waals surface area contributed by atoms with Crippen molar-refractivity contribution in [3.05, 3.63) is 41.6 Å². The minimum Gasteiger partial charge on any atom is -0.497 e. The lowest BCUT2D eigenvalue weighted by molar-refractivity contribution is 0.170. The van der Waals surface area contributed by atoms with Crippen LogP contribution in [0.3, 0.4) is 0 Å². The number of hydrogen-bond donors (Lipinski definition) is 3. The van der Waals surface area contributed by atoms with Crippen molar-refractivity contribution in [3.8, 4) is 5.75 Å². The molecule has 1 aromatic carbocycles. The van der Waals surface area contributed by atoms with Crippen molar-refractivity contribution < 1.29 is 9.84 Å². The van der Waals surface area contributed by atoms with Crippen LogP contribution >= 0.6 is 0 Å². The van der Waals surface area contributed by atoms with Gasteiger partial charge in [-0.3, -0.25) is 10.3 Å². The smallest absolute Gasteiger partial charge is 0.187 e. The third-order valence-corrected chi connectivity index (χ3v) is 4.61. The number of allylic oxidation sites excluding steroid dienone is 2. The summed E-state index contributed by atoms with van der Waals surface area (Å²) in [4.78, 5) is 4.63. The molecule has 0 bridgehead atoms. The second-order valence-electron chi connectivity index (χ2n) is 6.22. The van der Waals surface area contributed by atoms with Gasteiger partial charge in [-0.25, -0.2) is 0 Å². The first kappa shape index (κ1) is 16.0. The van der Waals surface area contributed by atoms with E-state index in [-0.39, 0.29) is 12.1 Å². The van der Waals surface area contributed by atoms with Gasteiger partial charge in [0, 0.05) is 30.5 Å². The number of benzene rings is 1. The van der Waals surface area contributed by atoms with E-state index in [2.05, 4.69) is 34.7 Å². The number of rotatable bonds is 7. The molecule has 1 aliphatic heterocycles. The fourth-order valence-corrected chi connectivity index (χ4v) is 3.14. The maximum Gasteiger partial charge on any atom is 0.187 e. The first-order chi connectivity index (χ1) is 11.2. The predicted octanol–water partition coefficient (Wildman–Crippen LogP) is 2.28. The fourth-order valence-electron chi connectivity index (χ4n) is 3.14. The molecule has 3 N–H and O–H groups in total. The highest BCUT2D eigenvalue weighted by molar-refractivity contribution is 5.73. The molecule has 0 aromatic heterocycles. The highest BCUT2D eigenvalue weighted by Gasteiger charge is 2.50. The molecule has 0 radical (unpaired) electrons. The first-order valence-corrected chi connectivity index (χ1v) is 8.23. The molecule has 1 saturated carbocycles. The summed E-state index contributed by atoms with van der Waals surface area (Å²) in [7, 11) is 1.69. The first-order valence-electron chi connectivity index (χ1n) is 8.23. The van der Waals surface area contributed by atoms with Crippen LogP contribution in [-0.2, 0) is 5.54 Å². The van der Waals surface area contributed by atoms with Crippen LogP contribution in [-0.4, -0.2) is 30.8 Å². The molecular formula is C18H25N3O2. The van der Waals surface area contributed by atoms with Crippen molar-refractivity contribution >= 4 is 6.21 Å². The molecule has 5 nitrogen and oxygen atoms in total. The maximum absolute atomic E-state index is 9.52. The Kier molecular flexibility index (Phi) is 4.41. The van der Waals surface area contributed by atoms with Crippen LogP contribution in [0, 0.1) is 0 Å². The number of nitrogens with zero attached hydrogens (tertiary/aromatic N) is 1. The van der Waals surface area contributed by atoms with E-state index in [9.17, 15) is 5.11 Å². The Bertz CT molecular complexity index is 622. The highest BCUT2D eigenvalue weighted by atomic mass is 16.5. The normalized spacial score (nSPS) is 24.7. The molecule has 1 aliphatic carbocycles. The van der Waals surface area contributed by atoms with Crippen molar-refractivity contribution in [3.63, 3.8) is 0 Å². The largest absolute Gasteiger partial charge is 0.497 e. The molecule has 3 rings (SSSR count).